The minimum atomic E-state index is 0. The van der Waals surface area contributed by atoms with E-state index < -0.39 is 0 Å². The third kappa shape index (κ3) is 17.1. The lowest BCUT2D eigenvalue weighted by Gasteiger charge is -2.42. The molecule has 0 saturated heterocycles. The van der Waals surface area contributed by atoms with Crippen LogP contribution in [0.4, 0.5) is 0 Å². The van der Waals surface area contributed by atoms with Crippen molar-refractivity contribution in [1.29, 1.82) is 0 Å². The molecule has 276 valence electrons. The number of para-hydroxylation sites is 2. The summed E-state index contributed by atoms with van der Waals surface area (Å²) in [6.45, 7) is 4.52. The highest BCUT2D eigenvalue weighted by atomic mass is 32.1. The number of rotatable bonds is 18. The summed E-state index contributed by atoms with van der Waals surface area (Å²) in [7, 11) is 0. The van der Waals surface area contributed by atoms with Gasteiger partial charge in [0.25, 0.3) is 10.3 Å². The van der Waals surface area contributed by atoms with E-state index in [1.165, 1.54) is 152 Å². The molecule has 0 heterocycles. The van der Waals surface area contributed by atoms with Crippen LogP contribution >= 0.6 is 24.4 Å². The van der Waals surface area contributed by atoms with Crippen molar-refractivity contribution in [2.45, 2.75) is 187 Å². The van der Waals surface area contributed by atoms with Crippen LogP contribution in [0, 0.1) is 0 Å². The Morgan fingerprint density at radius 1 is 0.592 bits per heavy atom. The van der Waals surface area contributed by atoms with Crippen molar-refractivity contribution in [3.8, 4) is 11.5 Å². The first-order valence-corrected chi connectivity index (χ1v) is 20.5. The first-order chi connectivity index (χ1) is 23.5. The Morgan fingerprint density at radius 3 is 1.41 bits per heavy atom. The number of thiocarbonyl (C=S) groups is 2. The molecule has 0 spiro atoms. The smallest absolute Gasteiger partial charge is 0.265 e. The molecule has 49 heavy (non-hydrogen) atoms. The highest BCUT2D eigenvalue weighted by Gasteiger charge is 2.32. The molecule has 4 nitrogen and oxygen atoms in total. The second-order valence-corrected chi connectivity index (χ2v) is 14.8. The van der Waals surface area contributed by atoms with Crippen molar-refractivity contribution < 1.29 is 9.47 Å². The van der Waals surface area contributed by atoms with E-state index >= 15 is 0 Å². The highest BCUT2D eigenvalue weighted by Crippen LogP contribution is 2.32. The topological polar surface area (TPSA) is 47.7 Å². The maximum atomic E-state index is 6.47. The molecule has 0 radical (unpaired) electrons. The van der Waals surface area contributed by atoms with E-state index in [2.05, 4.69) is 49.1 Å². The summed E-state index contributed by atoms with van der Waals surface area (Å²) in [5.74, 6) is 1.80. The molecule has 2 saturated carbocycles. The van der Waals surface area contributed by atoms with Crippen LogP contribution in [0.1, 0.15) is 174 Å². The second-order valence-electron chi connectivity index (χ2n) is 14.0. The Balaban J connectivity index is 0.000000377. The molecule has 2 fully saturated rings. The maximum Gasteiger partial charge on any atom is 0.265 e. The molecule has 0 aliphatic heterocycles. The van der Waals surface area contributed by atoms with Crippen LogP contribution < -0.4 is 15.2 Å². The Hall–Kier alpha value is -2.18. The van der Waals surface area contributed by atoms with Crippen LogP contribution in [0.3, 0.4) is 0 Å². The van der Waals surface area contributed by atoms with Gasteiger partial charge < -0.3 is 20.1 Å². The molecule has 2 N–H and O–H groups in total. The fourth-order valence-electron chi connectivity index (χ4n) is 7.38. The van der Waals surface area contributed by atoms with Crippen molar-refractivity contribution in [3.63, 3.8) is 0 Å². The summed E-state index contributed by atoms with van der Waals surface area (Å²) in [6.07, 6.45) is 31.1. The molecule has 0 atom stereocenters. The van der Waals surface area contributed by atoms with Crippen molar-refractivity contribution >= 4 is 34.8 Å². The predicted molar refractivity (Wildman–Crippen MR) is 220 cm³/mol. The Labute approximate surface area is 312 Å². The average molecular weight is 711 g/mol. The van der Waals surface area contributed by atoms with E-state index in [4.69, 9.17) is 39.6 Å². The zero-order chi connectivity index (χ0) is 34.2. The molecule has 0 bridgehead atoms. The van der Waals surface area contributed by atoms with Gasteiger partial charge in [0.15, 0.2) is 0 Å². The highest BCUT2D eigenvalue weighted by molar-refractivity contribution is 7.80. The van der Waals surface area contributed by atoms with Gasteiger partial charge in [-0.15, -0.1) is 0 Å². The largest absolute Gasteiger partial charge is 0.432 e. The molecular weight excluding hydrogens is 641 g/mol. The number of nitrogens with zero attached hydrogens (tertiary/aromatic N) is 1. The van der Waals surface area contributed by atoms with Crippen LogP contribution in [0.2, 0.25) is 0 Å². The lowest BCUT2D eigenvalue weighted by molar-refractivity contribution is 0.140. The molecular formula is C43H70N2O2S2. The van der Waals surface area contributed by atoms with Crippen LogP contribution in [0.15, 0.2) is 48.5 Å². The van der Waals surface area contributed by atoms with Gasteiger partial charge in [0, 0.05) is 12.1 Å². The fourth-order valence-corrected chi connectivity index (χ4v) is 7.86. The molecule has 2 aliphatic carbocycles. The van der Waals surface area contributed by atoms with E-state index in [9.17, 15) is 0 Å². The third-order valence-electron chi connectivity index (χ3n) is 10.1. The zero-order valence-electron chi connectivity index (χ0n) is 30.4. The van der Waals surface area contributed by atoms with Crippen LogP contribution in [-0.2, 0) is 12.8 Å². The predicted octanol–water partition coefficient (Wildman–Crippen LogP) is 13.1. The average Bonchev–Trinajstić information content (AvgIpc) is 3.10. The van der Waals surface area contributed by atoms with Gasteiger partial charge in [-0.05, 0) is 99.1 Å². The first-order valence-electron chi connectivity index (χ1n) is 19.7. The van der Waals surface area contributed by atoms with Gasteiger partial charge in [-0.3, -0.25) is 0 Å². The quantitative estimate of drug-likeness (QED) is 0.123. The summed E-state index contributed by atoms with van der Waals surface area (Å²) in [4.78, 5) is 2.54. The summed E-state index contributed by atoms with van der Waals surface area (Å²) >= 11 is 10.7. The molecule has 4 rings (SSSR count). The molecule has 2 aromatic carbocycles. The molecule has 0 unspecified atom stereocenters. The van der Waals surface area contributed by atoms with E-state index in [0.29, 0.717) is 12.1 Å². The van der Waals surface area contributed by atoms with Gasteiger partial charge in [-0.25, -0.2) is 0 Å². The Kier molecular flexibility index (Phi) is 23.3. The maximum absolute atomic E-state index is 6.47. The molecule has 0 amide bonds. The molecule has 2 aliphatic rings. The molecule has 0 aromatic heterocycles. The zero-order valence-corrected chi connectivity index (χ0v) is 32.0. The van der Waals surface area contributed by atoms with Gasteiger partial charge in [-0.2, -0.15) is 0 Å². The standard InChI is InChI=1S/C27H43NOS.C15H23NOS.CH4/c1-2-3-4-5-6-9-16-23-17-14-15-22-26(23)29-27(30)28(24-18-10-7-11-19-24)25-20-12-8-13-21-25;1-2-3-4-5-6-7-10-13-11-8-9-12-14(13)17-15(16)18;/h14-15,17,22,24-25H,2-13,16,18-21H2,1H3;8-9,11-12H,2-7,10H2,1H3,(H2,16,18);1H4. The third-order valence-corrected chi connectivity index (χ3v) is 10.5. The molecule has 2 aromatic rings. The summed E-state index contributed by atoms with van der Waals surface area (Å²) < 4.78 is 11.8. The normalized spacial score (nSPS) is 15.0. The number of hydrogen-bond acceptors (Lipinski definition) is 4. The number of aryl methyl sites for hydroxylation is 2. The van der Waals surface area contributed by atoms with Gasteiger partial charge >= 0.3 is 0 Å². The van der Waals surface area contributed by atoms with Gasteiger partial charge in [0.1, 0.15) is 11.5 Å². The minimum absolute atomic E-state index is 0. The fraction of sp³-hybridized carbons (Fsp3) is 0.674. The Bertz CT molecular complexity index is 1140. The number of hydrogen-bond donors (Lipinski definition) is 1. The molecule has 6 heteroatoms. The number of unbranched alkanes of at least 4 members (excludes halogenated alkanes) is 10. The van der Waals surface area contributed by atoms with Crippen molar-refractivity contribution in [1.82, 2.24) is 4.90 Å². The number of nitrogens with two attached hydrogens (primary N) is 1. The Morgan fingerprint density at radius 2 is 0.980 bits per heavy atom. The van der Waals surface area contributed by atoms with Crippen LogP contribution in [-0.4, -0.2) is 27.3 Å². The second kappa shape index (κ2) is 26.6. The van der Waals surface area contributed by atoms with Crippen LogP contribution in [0.5, 0.6) is 11.5 Å². The number of ether oxygens (including phenoxy) is 2. The SMILES string of the molecule is C.CCCCCCCCc1ccccc1OC(=S)N(C1CCCCC1)C1CCCCC1.CCCCCCCCc1ccccc1OC(N)=S. The lowest BCUT2D eigenvalue weighted by Crippen LogP contribution is -2.49. The summed E-state index contributed by atoms with van der Waals surface area (Å²) in [6, 6.07) is 17.7. The van der Waals surface area contributed by atoms with E-state index in [0.717, 1.165) is 29.5 Å². The number of benzene rings is 2. The van der Waals surface area contributed by atoms with E-state index in [1.807, 2.05) is 18.2 Å². The van der Waals surface area contributed by atoms with E-state index in [1.54, 1.807) is 0 Å². The van der Waals surface area contributed by atoms with Crippen molar-refractivity contribution in [3.05, 3.63) is 59.7 Å². The van der Waals surface area contributed by atoms with Gasteiger partial charge in [-0.1, -0.05) is 160 Å². The summed E-state index contributed by atoms with van der Waals surface area (Å²) in [5.41, 5.74) is 7.93. The van der Waals surface area contributed by atoms with Gasteiger partial charge in [0.05, 0.1) is 0 Å². The van der Waals surface area contributed by atoms with Gasteiger partial charge in [0.2, 0.25) is 0 Å². The first kappa shape index (κ1) is 43.0. The van der Waals surface area contributed by atoms with Crippen LogP contribution in [0.25, 0.3) is 0 Å². The van der Waals surface area contributed by atoms with Crippen molar-refractivity contribution in [2.24, 2.45) is 5.73 Å². The van der Waals surface area contributed by atoms with Crippen molar-refractivity contribution in [2.75, 3.05) is 0 Å². The monoisotopic (exact) mass is 710 g/mol. The summed E-state index contributed by atoms with van der Waals surface area (Å²) in [5, 5.41) is 0.828. The van der Waals surface area contributed by atoms with E-state index in [-0.39, 0.29) is 12.6 Å². The minimum Gasteiger partial charge on any atom is -0.432 e. The lowest BCUT2D eigenvalue weighted by atomic mass is 9.89.